The first kappa shape index (κ1) is 13.4. The van der Waals surface area contributed by atoms with E-state index in [-0.39, 0.29) is 25.3 Å². The van der Waals surface area contributed by atoms with Gasteiger partial charge in [-0.05, 0) is 49.8 Å². The van der Waals surface area contributed by atoms with E-state index in [1.54, 1.807) is 18.2 Å². The van der Waals surface area contributed by atoms with E-state index in [0.29, 0.717) is 17.1 Å². The predicted molar refractivity (Wildman–Crippen MR) is 74.3 cm³/mol. The minimum Gasteiger partial charge on any atom is -0.454 e. The monoisotopic (exact) mass is 276 g/mol. The van der Waals surface area contributed by atoms with Crippen LogP contribution in [0.4, 0.5) is 0 Å². The fourth-order valence-corrected chi connectivity index (χ4v) is 2.74. The maximum absolute atomic E-state index is 12.1. The third-order valence-corrected chi connectivity index (χ3v) is 4.11. The Kier molecular flexibility index (Phi) is 3.92. The van der Waals surface area contributed by atoms with Crippen LogP contribution in [0.15, 0.2) is 18.2 Å². The molecule has 1 aromatic rings. The van der Waals surface area contributed by atoms with Gasteiger partial charge in [-0.25, -0.2) is 0 Å². The van der Waals surface area contributed by atoms with Gasteiger partial charge in [0.25, 0.3) is 0 Å². The van der Waals surface area contributed by atoms with Gasteiger partial charge in [0.05, 0.1) is 6.10 Å². The normalized spacial score (nSPS) is 24.6. The van der Waals surface area contributed by atoms with Crippen molar-refractivity contribution < 1.29 is 19.0 Å². The van der Waals surface area contributed by atoms with E-state index in [2.05, 4.69) is 6.92 Å². The molecule has 3 rings (SSSR count). The van der Waals surface area contributed by atoms with Gasteiger partial charge in [0, 0.05) is 5.56 Å². The number of carbonyl (C=O) groups excluding carboxylic acids is 1. The van der Waals surface area contributed by atoms with Gasteiger partial charge in [0.15, 0.2) is 17.3 Å². The van der Waals surface area contributed by atoms with Crippen LogP contribution in [0, 0.1) is 5.92 Å². The summed E-state index contributed by atoms with van der Waals surface area (Å²) in [4.78, 5) is 12.1. The van der Waals surface area contributed by atoms with E-state index in [0.717, 1.165) is 18.8 Å². The molecule has 1 heterocycles. The first-order valence-electron chi connectivity index (χ1n) is 7.27. The van der Waals surface area contributed by atoms with Crippen molar-refractivity contribution in [3.63, 3.8) is 0 Å². The second-order valence-electron chi connectivity index (χ2n) is 5.68. The first-order chi connectivity index (χ1) is 9.72. The summed E-state index contributed by atoms with van der Waals surface area (Å²) in [5.41, 5.74) is 0.624. The maximum atomic E-state index is 12.1. The van der Waals surface area contributed by atoms with Crippen LogP contribution < -0.4 is 9.47 Å². The first-order valence-corrected chi connectivity index (χ1v) is 7.27. The number of benzene rings is 1. The Morgan fingerprint density at radius 3 is 2.75 bits per heavy atom. The number of carbonyl (C=O) groups is 1. The van der Waals surface area contributed by atoms with Crippen molar-refractivity contribution >= 4 is 5.78 Å². The van der Waals surface area contributed by atoms with E-state index in [4.69, 9.17) is 14.2 Å². The summed E-state index contributed by atoms with van der Waals surface area (Å²) in [5, 5.41) is 0. The standard InChI is InChI=1S/C16H20O4/c1-11-2-5-13(6-3-11)18-9-14(17)12-4-7-15-16(8-12)20-10-19-15/h4,7-8,11,13H,2-3,5-6,9-10H2,1H3. The highest BCUT2D eigenvalue weighted by molar-refractivity contribution is 5.97. The minimum atomic E-state index is 0.00178. The fourth-order valence-electron chi connectivity index (χ4n) is 2.74. The molecule has 0 unspecified atom stereocenters. The molecule has 0 aromatic heterocycles. The Morgan fingerprint density at radius 1 is 1.20 bits per heavy atom. The molecule has 1 saturated carbocycles. The van der Waals surface area contributed by atoms with E-state index < -0.39 is 0 Å². The van der Waals surface area contributed by atoms with Gasteiger partial charge in [0.2, 0.25) is 6.79 Å². The lowest BCUT2D eigenvalue weighted by Crippen LogP contribution is -2.23. The number of rotatable bonds is 4. The SMILES string of the molecule is CC1CCC(OCC(=O)c2ccc3c(c2)OCO3)CC1. The quantitative estimate of drug-likeness (QED) is 0.792. The number of Topliss-reactive ketones (excluding diaryl/α,β-unsaturated/α-hetero) is 1. The molecule has 0 bridgehead atoms. The molecule has 1 aliphatic carbocycles. The Hall–Kier alpha value is -1.55. The molecule has 4 nitrogen and oxygen atoms in total. The molecule has 1 aliphatic heterocycles. The molecule has 1 aromatic carbocycles. The summed E-state index contributed by atoms with van der Waals surface area (Å²) in [7, 11) is 0. The summed E-state index contributed by atoms with van der Waals surface area (Å²) >= 11 is 0. The predicted octanol–water partition coefficient (Wildman–Crippen LogP) is 3.19. The molecule has 0 atom stereocenters. The van der Waals surface area contributed by atoms with Crippen LogP contribution in [0.1, 0.15) is 43.0 Å². The van der Waals surface area contributed by atoms with Gasteiger partial charge in [0.1, 0.15) is 6.61 Å². The maximum Gasteiger partial charge on any atom is 0.231 e. The van der Waals surface area contributed by atoms with Crippen molar-refractivity contribution in [2.75, 3.05) is 13.4 Å². The zero-order chi connectivity index (χ0) is 13.9. The summed E-state index contributed by atoms with van der Waals surface area (Å²) in [5.74, 6) is 2.13. The van der Waals surface area contributed by atoms with Crippen LogP contribution in [0.3, 0.4) is 0 Å². The van der Waals surface area contributed by atoms with Crippen LogP contribution in [0.25, 0.3) is 0 Å². The molecule has 0 spiro atoms. The van der Waals surface area contributed by atoms with Gasteiger partial charge in [-0.1, -0.05) is 6.92 Å². The second kappa shape index (κ2) is 5.83. The highest BCUT2D eigenvalue weighted by atomic mass is 16.7. The average molecular weight is 276 g/mol. The summed E-state index contributed by atoms with van der Waals surface area (Å²) in [6.45, 7) is 2.65. The number of hydrogen-bond donors (Lipinski definition) is 0. The Labute approximate surface area is 119 Å². The average Bonchev–Trinajstić information content (AvgIpc) is 2.93. The molecule has 0 radical (unpaired) electrons. The van der Waals surface area contributed by atoms with Crippen LogP contribution >= 0.6 is 0 Å². The Balaban J connectivity index is 1.54. The van der Waals surface area contributed by atoms with E-state index >= 15 is 0 Å². The number of ether oxygens (including phenoxy) is 3. The largest absolute Gasteiger partial charge is 0.454 e. The molecule has 4 heteroatoms. The van der Waals surface area contributed by atoms with Gasteiger partial charge in [-0.3, -0.25) is 4.79 Å². The topological polar surface area (TPSA) is 44.8 Å². The lowest BCUT2D eigenvalue weighted by Gasteiger charge is -2.25. The lowest BCUT2D eigenvalue weighted by atomic mass is 9.89. The van der Waals surface area contributed by atoms with E-state index in [1.165, 1.54) is 12.8 Å². The molecule has 0 amide bonds. The van der Waals surface area contributed by atoms with Crippen molar-refractivity contribution in [3.05, 3.63) is 23.8 Å². The third-order valence-electron chi connectivity index (χ3n) is 4.11. The second-order valence-corrected chi connectivity index (χ2v) is 5.68. The van der Waals surface area contributed by atoms with Crippen molar-refractivity contribution in [1.82, 2.24) is 0 Å². The Bertz CT molecular complexity index is 489. The van der Waals surface area contributed by atoms with Crippen molar-refractivity contribution in [2.24, 2.45) is 5.92 Å². The molecule has 2 aliphatic rings. The van der Waals surface area contributed by atoms with Gasteiger partial charge >= 0.3 is 0 Å². The molecule has 1 fully saturated rings. The summed E-state index contributed by atoms with van der Waals surface area (Å²) in [6, 6.07) is 5.27. The van der Waals surface area contributed by atoms with E-state index in [1.807, 2.05) is 0 Å². The van der Waals surface area contributed by atoms with Crippen LogP contribution in [0.5, 0.6) is 11.5 Å². The van der Waals surface area contributed by atoms with E-state index in [9.17, 15) is 4.79 Å². The smallest absolute Gasteiger partial charge is 0.231 e. The number of fused-ring (bicyclic) bond motifs is 1. The lowest BCUT2D eigenvalue weighted by molar-refractivity contribution is 0.0217. The highest BCUT2D eigenvalue weighted by Gasteiger charge is 2.21. The molecule has 0 N–H and O–H groups in total. The van der Waals surface area contributed by atoms with Crippen LogP contribution in [-0.2, 0) is 4.74 Å². The van der Waals surface area contributed by atoms with Gasteiger partial charge in [-0.15, -0.1) is 0 Å². The molecule has 0 saturated heterocycles. The van der Waals surface area contributed by atoms with Crippen molar-refractivity contribution in [2.45, 2.75) is 38.7 Å². The number of hydrogen-bond acceptors (Lipinski definition) is 4. The minimum absolute atomic E-state index is 0.00178. The molecule has 108 valence electrons. The zero-order valence-electron chi connectivity index (χ0n) is 11.8. The zero-order valence-corrected chi connectivity index (χ0v) is 11.8. The van der Waals surface area contributed by atoms with Crippen LogP contribution in [0.2, 0.25) is 0 Å². The highest BCUT2D eigenvalue weighted by Crippen LogP contribution is 2.32. The Morgan fingerprint density at radius 2 is 1.95 bits per heavy atom. The van der Waals surface area contributed by atoms with Crippen molar-refractivity contribution in [1.29, 1.82) is 0 Å². The van der Waals surface area contributed by atoms with Crippen molar-refractivity contribution in [3.8, 4) is 11.5 Å². The number of ketones is 1. The summed E-state index contributed by atoms with van der Waals surface area (Å²) in [6.07, 6.45) is 4.76. The third kappa shape index (κ3) is 2.96. The molecular weight excluding hydrogens is 256 g/mol. The van der Waals surface area contributed by atoms with Gasteiger partial charge < -0.3 is 14.2 Å². The fraction of sp³-hybridized carbons (Fsp3) is 0.562. The molecular formula is C16H20O4. The molecule has 20 heavy (non-hydrogen) atoms. The van der Waals surface area contributed by atoms with Crippen LogP contribution in [-0.4, -0.2) is 25.3 Å². The summed E-state index contributed by atoms with van der Waals surface area (Å²) < 4.78 is 16.3. The van der Waals surface area contributed by atoms with Gasteiger partial charge in [-0.2, -0.15) is 0 Å².